The van der Waals surface area contributed by atoms with Crippen LogP contribution in [0, 0.1) is 0 Å². The number of amides is 2. The molecule has 1 atom stereocenters. The van der Waals surface area contributed by atoms with Crippen LogP contribution in [-0.2, 0) is 23.9 Å². The summed E-state index contributed by atoms with van der Waals surface area (Å²) in [5, 5.41) is 1.99. The summed E-state index contributed by atoms with van der Waals surface area (Å²) in [6.45, 7) is 5.86. The molecule has 120 valence electrons. The molecule has 0 aliphatic carbocycles. The molecule has 0 aromatic heterocycles. The number of methoxy groups -OCH3 is 1. The normalized spacial score (nSPS) is 12.8. The second-order valence-electron chi connectivity index (χ2n) is 5.47. The summed E-state index contributed by atoms with van der Waals surface area (Å²) in [5.41, 5.74) is -0.563. The van der Waals surface area contributed by atoms with Gasteiger partial charge in [-0.15, -0.1) is 0 Å². The molecule has 0 bridgehead atoms. The molecule has 0 rings (SSSR count). The smallest absolute Gasteiger partial charge is 0.335 e. The third-order valence-electron chi connectivity index (χ3n) is 2.38. The van der Waals surface area contributed by atoms with Crippen molar-refractivity contribution >= 4 is 18.3 Å². The first kappa shape index (κ1) is 19.1. The zero-order valence-corrected chi connectivity index (χ0v) is 13.2. The molecule has 0 saturated carbocycles. The second-order valence-corrected chi connectivity index (χ2v) is 5.47. The van der Waals surface area contributed by atoms with Crippen LogP contribution < -0.4 is 5.32 Å². The van der Waals surface area contributed by atoms with Gasteiger partial charge in [0, 0.05) is 39.4 Å². The lowest BCUT2D eigenvalue weighted by Crippen LogP contribution is -2.34. The summed E-state index contributed by atoms with van der Waals surface area (Å²) in [6, 6.07) is 0. The van der Waals surface area contributed by atoms with Crippen LogP contribution in [0.5, 0.6) is 0 Å². The largest absolute Gasteiger partial charge is 0.458 e. The lowest BCUT2D eigenvalue weighted by Gasteiger charge is -2.24. The zero-order chi connectivity index (χ0) is 16.5. The minimum absolute atomic E-state index is 0.316. The molecule has 7 nitrogen and oxygen atoms in total. The molecule has 0 radical (unpaired) electrons. The highest BCUT2D eigenvalue weighted by Crippen LogP contribution is 2.11. The minimum atomic E-state index is -0.663. The van der Waals surface area contributed by atoms with E-state index in [0.29, 0.717) is 19.4 Å². The van der Waals surface area contributed by atoms with Crippen molar-refractivity contribution in [2.75, 3.05) is 20.7 Å². The van der Waals surface area contributed by atoms with Gasteiger partial charge in [-0.3, -0.25) is 14.9 Å². The molecule has 21 heavy (non-hydrogen) atoms. The summed E-state index contributed by atoms with van der Waals surface area (Å²) < 4.78 is 10.4. The van der Waals surface area contributed by atoms with E-state index in [-0.39, 0.29) is 0 Å². The van der Waals surface area contributed by atoms with E-state index in [1.165, 1.54) is 19.4 Å². The molecule has 0 unspecified atom stereocenters. The van der Waals surface area contributed by atoms with Gasteiger partial charge in [0.05, 0.1) is 0 Å². The van der Waals surface area contributed by atoms with Gasteiger partial charge in [0.15, 0.2) is 6.10 Å². The maximum Gasteiger partial charge on any atom is 0.335 e. The van der Waals surface area contributed by atoms with Crippen LogP contribution in [0.15, 0.2) is 12.3 Å². The van der Waals surface area contributed by atoms with E-state index in [2.05, 4.69) is 0 Å². The van der Waals surface area contributed by atoms with Crippen LogP contribution in [0.2, 0.25) is 0 Å². The standard InChI is InChI=1S/C14H24N2O5/c1-14(2,3)21-13(19)11(20-5)6-8-16(4)9-7-12(18)15-10-17/h7,9-11H,6,8H2,1-5H3,(H,15,17,18)/b9-7-/t11-/m0/s1. The van der Waals surface area contributed by atoms with Gasteiger partial charge in [-0.05, 0) is 20.8 Å². The number of imide groups is 1. The molecule has 0 aliphatic rings. The van der Waals surface area contributed by atoms with E-state index in [4.69, 9.17) is 9.47 Å². The molecule has 0 aromatic carbocycles. The number of carbonyl (C=O) groups is 3. The van der Waals surface area contributed by atoms with Crippen molar-refractivity contribution < 1.29 is 23.9 Å². The molecule has 7 heteroatoms. The van der Waals surface area contributed by atoms with Crippen molar-refractivity contribution in [3.63, 3.8) is 0 Å². The van der Waals surface area contributed by atoms with E-state index in [1.807, 2.05) is 5.32 Å². The van der Waals surface area contributed by atoms with Crippen molar-refractivity contribution in [1.82, 2.24) is 10.2 Å². The van der Waals surface area contributed by atoms with Crippen molar-refractivity contribution in [2.45, 2.75) is 38.9 Å². The van der Waals surface area contributed by atoms with Crippen LogP contribution in [-0.4, -0.2) is 55.6 Å². The van der Waals surface area contributed by atoms with Gasteiger partial charge in [0.1, 0.15) is 5.60 Å². The Morgan fingerprint density at radius 3 is 2.43 bits per heavy atom. The Morgan fingerprint density at radius 1 is 1.33 bits per heavy atom. The Hall–Kier alpha value is -1.89. The summed E-state index contributed by atoms with van der Waals surface area (Å²) in [5.74, 6) is -0.923. The molecular formula is C14H24N2O5. The maximum absolute atomic E-state index is 11.9. The summed E-state index contributed by atoms with van der Waals surface area (Å²) in [4.78, 5) is 34.7. The van der Waals surface area contributed by atoms with Gasteiger partial charge in [-0.2, -0.15) is 0 Å². The highest BCUT2D eigenvalue weighted by Gasteiger charge is 2.24. The average molecular weight is 300 g/mol. The Balaban J connectivity index is 4.30. The molecule has 0 aromatic rings. The minimum Gasteiger partial charge on any atom is -0.458 e. The molecule has 0 aliphatic heterocycles. The van der Waals surface area contributed by atoms with Crippen LogP contribution in [0.25, 0.3) is 0 Å². The average Bonchev–Trinajstić information content (AvgIpc) is 2.35. The predicted molar refractivity (Wildman–Crippen MR) is 77.2 cm³/mol. The fourth-order valence-corrected chi connectivity index (χ4v) is 1.40. The Morgan fingerprint density at radius 2 is 1.95 bits per heavy atom. The van der Waals surface area contributed by atoms with Gasteiger partial charge in [-0.25, -0.2) is 4.79 Å². The molecule has 2 amide bonds. The van der Waals surface area contributed by atoms with Gasteiger partial charge in [0.2, 0.25) is 6.41 Å². The van der Waals surface area contributed by atoms with Crippen LogP contribution >= 0.6 is 0 Å². The Kier molecular flexibility index (Phi) is 8.30. The molecular weight excluding hydrogens is 276 g/mol. The number of nitrogens with zero attached hydrogens (tertiary/aromatic N) is 1. The number of esters is 1. The summed E-state index contributed by atoms with van der Waals surface area (Å²) >= 11 is 0. The molecule has 0 saturated heterocycles. The first-order valence-corrected chi connectivity index (χ1v) is 6.58. The van der Waals surface area contributed by atoms with E-state index >= 15 is 0 Å². The van der Waals surface area contributed by atoms with Crippen molar-refractivity contribution in [1.29, 1.82) is 0 Å². The number of carbonyl (C=O) groups excluding carboxylic acids is 3. The highest BCUT2D eigenvalue weighted by molar-refractivity contribution is 5.94. The Bertz CT molecular complexity index is 387. The second kappa shape index (κ2) is 9.12. The monoisotopic (exact) mass is 300 g/mol. The lowest BCUT2D eigenvalue weighted by atomic mass is 10.2. The zero-order valence-electron chi connectivity index (χ0n) is 13.2. The van der Waals surface area contributed by atoms with Gasteiger partial charge in [0.25, 0.3) is 5.91 Å². The summed E-state index contributed by atoms with van der Waals surface area (Å²) in [7, 11) is 3.19. The van der Waals surface area contributed by atoms with Crippen molar-refractivity contribution in [2.24, 2.45) is 0 Å². The first-order valence-electron chi connectivity index (χ1n) is 6.58. The van der Waals surface area contributed by atoms with E-state index in [1.54, 1.807) is 32.7 Å². The molecule has 0 spiro atoms. The predicted octanol–water partition coefficient (Wildman–Crippen LogP) is 0.451. The molecule has 0 heterocycles. The van der Waals surface area contributed by atoms with Crippen LogP contribution in [0.3, 0.4) is 0 Å². The van der Waals surface area contributed by atoms with Gasteiger partial charge < -0.3 is 14.4 Å². The number of hydrogen-bond acceptors (Lipinski definition) is 6. The number of rotatable bonds is 8. The fourth-order valence-electron chi connectivity index (χ4n) is 1.40. The maximum atomic E-state index is 11.9. The lowest BCUT2D eigenvalue weighted by molar-refractivity contribution is -0.167. The molecule has 1 N–H and O–H groups in total. The highest BCUT2D eigenvalue weighted by atomic mass is 16.6. The van der Waals surface area contributed by atoms with E-state index in [0.717, 1.165) is 0 Å². The van der Waals surface area contributed by atoms with Crippen molar-refractivity contribution in [3.05, 3.63) is 12.3 Å². The Labute approximate surface area is 125 Å². The van der Waals surface area contributed by atoms with E-state index in [9.17, 15) is 14.4 Å². The van der Waals surface area contributed by atoms with Gasteiger partial charge in [-0.1, -0.05) is 0 Å². The summed E-state index contributed by atoms with van der Waals surface area (Å²) in [6.07, 6.45) is 2.81. The van der Waals surface area contributed by atoms with Crippen LogP contribution in [0.4, 0.5) is 0 Å². The number of hydrogen-bond donors (Lipinski definition) is 1. The van der Waals surface area contributed by atoms with E-state index < -0.39 is 23.6 Å². The first-order chi connectivity index (χ1) is 9.69. The number of nitrogens with one attached hydrogen (secondary N) is 1. The molecule has 0 fully saturated rings. The third kappa shape index (κ3) is 9.61. The van der Waals surface area contributed by atoms with Crippen LogP contribution in [0.1, 0.15) is 27.2 Å². The third-order valence-corrected chi connectivity index (χ3v) is 2.38. The number of ether oxygens (including phenoxy) is 2. The quantitative estimate of drug-likeness (QED) is 0.398. The van der Waals surface area contributed by atoms with Crippen molar-refractivity contribution in [3.8, 4) is 0 Å². The fraction of sp³-hybridized carbons (Fsp3) is 0.643. The SMILES string of the molecule is CO[C@@H](CCN(C)/C=C\C(=O)NC=O)C(=O)OC(C)(C)C. The topological polar surface area (TPSA) is 84.9 Å². The van der Waals surface area contributed by atoms with Gasteiger partial charge >= 0.3 is 5.97 Å².